The van der Waals surface area contributed by atoms with Gasteiger partial charge in [0.05, 0.1) is 0 Å². The third-order valence-electron chi connectivity index (χ3n) is 6.09. The first-order chi connectivity index (χ1) is 18.9. The van der Waals surface area contributed by atoms with Gasteiger partial charge in [-0.15, -0.1) is 0 Å². The third kappa shape index (κ3) is 8.82. The van der Waals surface area contributed by atoms with E-state index < -0.39 is 15.8 Å². The van der Waals surface area contributed by atoms with Gasteiger partial charge in [0.1, 0.15) is 0 Å². The Kier molecular flexibility index (Phi) is 14.0. The summed E-state index contributed by atoms with van der Waals surface area (Å²) in [5.74, 6) is 0. The third-order valence-corrected chi connectivity index (χ3v) is 11.0. The van der Waals surface area contributed by atoms with E-state index in [1.165, 1.54) is 31.8 Å². The van der Waals surface area contributed by atoms with Crippen LogP contribution >= 0.6 is 15.8 Å². The fourth-order valence-corrected chi connectivity index (χ4v) is 8.97. The first kappa shape index (κ1) is 32.2. The molecule has 0 atom stereocenters. The van der Waals surface area contributed by atoms with Crippen LogP contribution in [0.15, 0.2) is 182 Å². The maximum absolute atomic E-state index is 2.23. The molecule has 4 heteroatoms. The van der Waals surface area contributed by atoms with E-state index in [9.17, 15) is 0 Å². The van der Waals surface area contributed by atoms with Crippen LogP contribution in [0.3, 0.4) is 0 Å². The van der Waals surface area contributed by atoms with E-state index in [2.05, 4.69) is 182 Å². The summed E-state index contributed by atoms with van der Waals surface area (Å²) in [7, 11) is -0.892. The Bertz CT molecular complexity index is 1180. The minimum Gasteiger partial charge on any atom is -0.0622 e. The smallest absolute Gasteiger partial charge is 0.0622 e. The molecule has 0 aliphatic carbocycles. The van der Waals surface area contributed by atoms with Gasteiger partial charge in [0, 0.05) is 0 Å². The summed E-state index contributed by atoms with van der Waals surface area (Å²) >= 11 is 0. The van der Waals surface area contributed by atoms with Crippen LogP contribution in [0.25, 0.3) is 0 Å². The summed E-state index contributed by atoms with van der Waals surface area (Å²) in [4.78, 5) is 0. The quantitative estimate of drug-likeness (QED) is 0.135. The van der Waals surface area contributed by atoms with Crippen molar-refractivity contribution in [3.8, 4) is 0 Å². The Morgan fingerprint density at radius 3 is 0.475 bits per heavy atom. The molecule has 0 amide bonds. The van der Waals surface area contributed by atoms with Crippen molar-refractivity contribution in [2.75, 3.05) is 0 Å². The van der Waals surface area contributed by atoms with Crippen molar-refractivity contribution in [2.24, 2.45) is 0 Å². The maximum atomic E-state index is 2.23. The molecule has 6 rings (SSSR count). The molecule has 0 spiro atoms. The molecule has 6 aromatic carbocycles. The van der Waals surface area contributed by atoms with Crippen LogP contribution in [-0.4, -0.2) is 23.9 Å². The molecule has 0 unspecified atom stereocenters. The van der Waals surface area contributed by atoms with Crippen molar-refractivity contribution in [2.45, 2.75) is 0 Å². The predicted octanol–water partition coefficient (Wildman–Crippen LogP) is 6.51. The van der Waals surface area contributed by atoms with Crippen LogP contribution in [0.2, 0.25) is 0 Å². The molecular weight excluding hydrogens is 719 g/mol. The summed E-state index contributed by atoms with van der Waals surface area (Å²) in [6, 6.07) is 64.7. The summed E-state index contributed by atoms with van der Waals surface area (Å²) in [5.41, 5.74) is 0. The van der Waals surface area contributed by atoms with Crippen LogP contribution in [-0.2, 0) is 20.4 Å². The number of hydrogen-bond donors (Lipinski definition) is 0. The second kappa shape index (κ2) is 17.5. The molecule has 6 aromatic rings. The minimum atomic E-state index is -0.446. The van der Waals surface area contributed by atoms with Crippen LogP contribution in [0.1, 0.15) is 0 Å². The summed E-state index contributed by atoms with van der Waals surface area (Å²) < 4.78 is 0. The number of benzene rings is 6. The molecular formula is C36H30P2PdSn+6. The number of rotatable bonds is 6. The Labute approximate surface area is 272 Å². The first-order valence-electron chi connectivity index (χ1n) is 12.8. The number of hydrogen-bond acceptors (Lipinski definition) is 0. The zero-order chi connectivity index (χ0) is 25.8. The maximum Gasteiger partial charge on any atom is 4.00 e. The van der Waals surface area contributed by atoms with Crippen molar-refractivity contribution in [1.29, 1.82) is 0 Å². The Balaban J connectivity index is 0.000000210. The van der Waals surface area contributed by atoms with Gasteiger partial charge in [-0.2, -0.15) is 0 Å². The average Bonchev–Trinajstić information content (AvgIpc) is 3.01. The van der Waals surface area contributed by atoms with Crippen LogP contribution < -0.4 is 31.8 Å². The SMILES string of the molecule is [Pd+2].[Sn+4].c1ccc(P(c2ccccc2)c2ccccc2)cc1.c1ccc(P(c2ccccc2)c2ccccc2)cc1. The fraction of sp³-hybridized carbons (Fsp3) is 0. The molecule has 0 nitrogen and oxygen atoms in total. The van der Waals surface area contributed by atoms with Crippen molar-refractivity contribution >= 4 is 71.6 Å². The van der Waals surface area contributed by atoms with Crippen LogP contribution in [0.5, 0.6) is 0 Å². The van der Waals surface area contributed by atoms with E-state index in [4.69, 9.17) is 0 Å². The second-order valence-electron chi connectivity index (χ2n) is 8.68. The zero-order valence-electron chi connectivity index (χ0n) is 22.0. The van der Waals surface area contributed by atoms with Gasteiger partial charge in [0.15, 0.2) is 0 Å². The normalized spacial score (nSPS) is 10.1. The summed E-state index contributed by atoms with van der Waals surface area (Å²) in [6.07, 6.45) is 0. The average molecular weight is 750 g/mol. The van der Waals surface area contributed by atoms with Gasteiger partial charge in [0.25, 0.3) is 0 Å². The van der Waals surface area contributed by atoms with Gasteiger partial charge in [-0.1, -0.05) is 182 Å². The van der Waals surface area contributed by atoms with Gasteiger partial charge in [0.2, 0.25) is 0 Å². The molecule has 192 valence electrons. The van der Waals surface area contributed by atoms with Gasteiger partial charge in [-0.3, -0.25) is 0 Å². The predicted molar refractivity (Wildman–Crippen MR) is 176 cm³/mol. The first-order valence-corrected chi connectivity index (χ1v) is 15.5. The standard InChI is InChI=1S/2C18H15P.Pd.Sn/c2*1-4-10-16(11-5-1)19(17-12-6-2-7-13-17)18-14-8-3-9-15-18;;/h2*1-15H;;/q;;+2;+4. The molecule has 0 saturated carbocycles. The van der Waals surface area contributed by atoms with E-state index in [1.54, 1.807) is 0 Å². The van der Waals surface area contributed by atoms with Crippen molar-refractivity contribution < 1.29 is 20.4 Å². The molecule has 0 aromatic heterocycles. The van der Waals surface area contributed by atoms with E-state index >= 15 is 0 Å². The monoisotopic (exact) mass is 750 g/mol. The molecule has 40 heavy (non-hydrogen) atoms. The molecule has 0 saturated heterocycles. The Morgan fingerprint density at radius 2 is 0.350 bits per heavy atom. The van der Waals surface area contributed by atoms with Gasteiger partial charge in [-0.25, -0.2) is 0 Å². The summed E-state index contributed by atoms with van der Waals surface area (Å²) in [5, 5.41) is 8.39. The molecule has 0 N–H and O–H groups in total. The minimum absolute atomic E-state index is 0. The molecule has 0 heterocycles. The van der Waals surface area contributed by atoms with E-state index in [1.807, 2.05) is 0 Å². The van der Waals surface area contributed by atoms with Crippen molar-refractivity contribution in [1.82, 2.24) is 0 Å². The largest absolute Gasteiger partial charge is 4.00 e. The Morgan fingerprint density at radius 1 is 0.225 bits per heavy atom. The molecule has 0 aliphatic rings. The fourth-order valence-electron chi connectivity index (χ4n) is 4.36. The topological polar surface area (TPSA) is 0 Å². The molecule has 0 aliphatic heterocycles. The van der Waals surface area contributed by atoms with Gasteiger partial charge in [-0.05, 0) is 47.7 Å². The molecule has 0 bridgehead atoms. The second-order valence-corrected chi connectivity index (χ2v) is 13.1. The van der Waals surface area contributed by atoms with Gasteiger partial charge < -0.3 is 0 Å². The van der Waals surface area contributed by atoms with Crippen LogP contribution in [0.4, 0.5) is 0 Å². The Hall–Kier alpha value is -2.36. The van der Waals surface area contributed by atoms with Gasteiger partial charge >= 0.3 is 44.3 Å². The van der Waals surface area contributed by atoms with Crippen molar-refractivity contribution in [3.63, 3.8) is 0 Å². The summed E-state index contributed by atoms with van der Waals surface area (Å²) in [6.45, 7) is 0. The molecule has 0 fully saturated rings. The zero-order valence-corrected chi connectivity index (χ0v) is 28.2. The molecule has 0 radical (unpaired) electrons. The van der Waals surface area contributed by atoms with E-state index in [-0.39, 0.29) is 44.3 Å². The van der Waals surface area contributed by atoms with Crippen LogP contribution in [0, 0.1) is 0 Å². The van der Waals surface area contributed by atoms with Crippen molar-refractivity contribution in [3.05, 3.63) is 182 Å². The van der Waals surface area contributed by atoms with E-state index in [0.717, 1.165) is 0 Å². The van der Waals surface area contributed by atoms with E-state index in [0.29, 0.717) is 0 Å².